The highest BCUT2D eigenvalue weighted by molar-refractivity contribution is 5.78. The molecule has 0 unspecified atom stereocenters. The average molecular weight is 173 g/mol. The molecule has 1 amide bonds. The van der Waals surface area contributed by atoms with Crippen molar-refractivity contribution in [2.75, 3.05) is 26.8 Å². The zero-order valence-electron chi connectivity index (χ0n) is 8.46. The normalized spacial score (nSPS) is 16.2. The van der Waals surface area contributed by atoms with Crippen molar-refractivity contribution in [2.45, 2.75) is 20.8 Å². The molecular weight excluding hydrogens is 154 g/mol. The number of carbonyl (C=O) groups excluding carboxylic acids is 1. The van der Waals surface area contributed by atoms with Crippen LogP contribution in [-0.4, -0.2) is 37.6 Å². The molecule has 3 heteroatoms. The Bertz CT molecular complexity index is 130. The fourth-order valence-corrected chi connectivity index (χ4v) is 1.12. The molecule has 0 N–H and O–H groups in total. The van der Waals surface area contributed by atoms with E-state index in [9.17, 15) is 4.79 Å². The second-order valence-corrected chi connectivity index (χ2v) is 2.84. The summed E-state index contributed by atoms with van der Waals surface area (Å²) in [5.41, 5.74) is 0. The van der Waals surface area contributed by atoms with Gasteiger partial charge in [-0.05, 0) is 5.92 Å². The lowest BCUT2D eigenvalue weighted by Crippen LogP contribution is -2.49. The van der Waals surface area contributed by atoms with E-state index >= 15 is 0 Å². The van der Waals surface area contributed by atoms with Crippen molar-refractivity contribution < 1.29 is 9.53 Å². The highest BCUT2D eigenvalue weighted by Crippen LogP contribution is 2.13. The first kappa shape index (κ1) is 11.4. The van der Waals surface area contributed by atoms with Gasteiger partial charge in [-0.3, -0.25) is 4.79 Å². The van der Waals surface area contributed by atoms with Gasteiger partial charge in [-0.15, -0.1) is 0 Å². The lowest BCUT2D eigenvalue weighted by Gasteiger charge is -2.36. The zero-order chi connectivity index (χ0) is 9.56. The number of amides is 1. The van der Waals surface area contributed by atoms with E-state index in [-0.39, 0.29) is 12.5 Å². The summed E-state index contributed by atoms with van der Waals surface area (Å²) in [6.07, 6.45) is 0. The smallest absolute Gasteiger partial charge is 0.248 e. The minimum Gasteiger partial charge on any atom is -0.375 e. The van der Waals surface area contributed by atoms with Crippen LogP contribution in [0, 0.1) is 5.92 Å². The second-order valence-electron chi connectivity index (χ2n) is 2.84. The number of hydrogen-bond acceptors (Lipinski definition) is 2. The highest BCUT2D eigenvalue weighted by Gasteiger charge is 2.26. The van der Waals surface area contributed by atoms with E-state index in [1.54, 1.807) is 7.11 Å². The minimum absolute atomic E-state index is 0.112. The molecule has 72 valence electrons. The Hall–Kier alpha value is -0.570. The molecule has 0 radical (unpaired) electrons. The molecule has 1 saturated heterocycles. The van der Waals surface area contributed by atoms with Crippen LogP contribution in [0.2, 0.25) is 0 Å². The first-order valence-electron chi connectivity index (χ1n) is 4.50. The van der Waals surface area contributed by atoms with Crippen molar-refractivity contribution in [3.63, 3.8) is 0 Å². The van der Waals surface area contributed by atoms with Gasteiger partial charge in [0.1, 0.15) is 6.61 Å². The van der Waals surface area contributed by atoms with Crippen LogP contribution in [0.4, 0.5) is 0 Å². The van der Waals surface area contributed by atoms with Crippen LogP contribution in [0.1, 0.15) is 20.8 Å². The predicted octanol–water partition coefficient (Wildman–Crippen LogP) is 1.14. The molecule has 1 heterocycles. The number of methoxy groups -OCH3 is 1. The molecule has 1 fully saturated rings. The maximum atomic E-state index is 11.0. The van der Waals surface area contributed by atoms with E-state index in [0.717, 1.165) is 13.1 Å². The van der Waals surface area contributed by atoms with Crippen molar-refractivity contribution in [3.8, 4) is 0 Å². The van der Waals surface area contributed by atoms with Gasteiger partial charge in [-0.25, -0.2) is 0 Å². The first-order chi connectivity index (χ1) is 5.74. The van der Waals surface area contributed by atoms with E-state index < -0.39 is 0 Å². The van der Waals surface area contributed by atoms with Crippen LogP contribution in [0.3, 0.4) is 0 Å². The molecule has 0 aliphatic carbocycles. The van der Waals surface area contributed by atoms with E-state index in [0.29, 0.717) is 5.92 Å². The topological polar surface area (TPSA) is 29.5 Å². The standard InChI is InChI=1S/C7H13NO2.C2H6/c1-6-3-8(4-6)7(9)5-10-2;1-2/h6H,3-5H2,1-2H3;1-2H3. The minimum atomic E-state index is 0.112. The maximum Gasteiger partial charge on any atom is 0.248 e. The van der Waals surface area contributed by atoms with Gasteiger partial charge in [-0.1, -0.05) is 20.8 Å². The van der Waals surface area contributed by atoms with Gasteiger partial charge in [0, 0.05) is 20.2 Å². The second kappa shape index (κ2) is 6.00. The Kier molecular flexibility index (Phi) is 5.72. The van der Waals surface area contributed by atoms with Crippen molar-refractivity contribution in [2.24, 2.45) is 5.92 Å². The third kappa shape index (κ3) is 3.22. The van der Waals surface area contributed by atoms with Gasteiger partial charge in [0.05, 0.1) is 0 Å². The fraction of sp³-hybridized carbons (Fsp3) is 0.889. The molecular formula is C9H19NO2. The van der Waals surface area contributed by atoms with Gasteiger partial charge in [0.2, 0.25) is 5.91 Å². The molecule has 1 aliphatic rings. The summed E-state index contributed by atoms with van der Waals surface area (Å²) in [7, 11) is 1.54. The lowest BCUT2D eigenvalue weighted by molar-refractivity contribution is -0.141. The van der Waals surface area contributed by atoms with Crippen LogP contribution < -0.4 is 0 Å². The Morgan fingerprint density at radius 1 is 1.50 bits per heavy atom. The largest absolute Gasteiger partial charge is 0.375 e. The number of rotatable bonds is 2. The highest BCUT2D eigenvalue weighted by atomic mass is 16.5. The van der Waals surface area contributed by atoms with Crippen molar-refractivity contribution in [1.82, 2.24) is 4.90 Å². The van der Waals surface area contributed by atoms with E-state index in [4.69, 9.17) is 4.74 Å². The SMILES string of the molecule is CC.COCC(=O)N1CC(C)C1. The summed E-state index contributed by atoms with van der Waals surface area (Å²) >= 11 is 0. The molecule has 0 aromatic heterocycles. The number of hydrogen-bond donors (Lipinski definition) is 0. The quantitative estimate of drug-likeness (QED) is 0.626. The molecule has 0 aromatic rings. The van der Waals surface area contributed by atoms with Crippen LogP contribution >= 0.6 is 0 Å². The summed E-state index contributed by atoms with van der Waals surface area (Å²) in [4.78, 5) is 12.8. The summed E-state index contributed by atoms with van der Waals surface area (Å²) in [6.45, 7) is 8.17. The van der Waals surface area contributed by atoms with Gasteiger partial charge in [-0.2, -0.15) is 0 Å². The number of likely N-dealkylation sites (tertiary alicyclic amines) is 1. The van der Waals surface area contributed by atoms with Gasteiger partial charge in [0.25, 0.3) is 0 Å². The molecule has 0 aromatic carbocycles. The first-order valence-corrected chi connectivity index (χ1v) is 4.50. The fourth-order valence-electron chi connectivity index (χ4n) is 1.12. The van der Waals surface area contributed by atoms with Crippen LogP contribution in [0.15, 0.2) is 0 Å². The van der Waals surface area contributed by atoms with Crippen LogP contribution in [0.25, 0.3) is 0 Å². The Morgan fingerprint density at radius 2 is 2.00 bits per heavy atom. The molecule has 0 saturated carbocycles. The van der Waals surface area contributed by atoms with E-state index in [1.165, 1.54) is 0 Å². The Morgan fingerprint density at radius 3 is 2.33 bits per heavy atom. The molecule has 0 bridgehead atoms. The molecule has 0 spiro atoms. The van der Waals surface area contributed by atoms with Crippen LogP contribution in [-0.2, 0) is 9.53 Å². The molecule has 3 nitrogen and oxygen atoms in total. The summed E-state index contributed by atoms with van der Waals surface area (Å²) in [5.74, 6) is 0.793. The number of nitrogens with zero attached hydrogens (tertiary/aromatic N) is 1. The van der Waals surface area contributed by atoms with Crippen molar-refractivity contribution >= 4 is 5.91 Å². The van der Waals surface area contributed by atoms with Crippen molar-refractivity contribution in [3.05, 3.63) is 0 Å². The van der Waals surface area contributed by atoms with Gasteiger partial charge >= 0.3 is 0 Å². The molecule has 1 rings (SSSR count). The lowest BCUT2D eigenvalue weighted by atomic mass is 10.0. The van der Waals surface area contributed by atoms with E-state index in [2.05, 4.69) is 6.92 Å². The summed E-state index contributed by atoms with van der Waals surface area (Å²) in [5, 5.41) is 0. The van der Waals surface area contributed by atoms with Gasteiger partial charge in [0.15, 0.2) is 0 Å². The Balaban J connectivity index is 0.000000561. The van der Waals surface area contributed by atoms with Gasteiger partial charge < -0.3 is 9.64 Å². The summed E-state index contributed by atoms with van der Waals surface area (Å²) < 4.78 is 4.70. The van der Waals surface area contributed by atoms with Crippen LogP contribution in [0.5, 0.6) is 0 Å². The predicted molar refractivity (Wildman–Crippen MR) is 49.0 cm³/mol. The Labute approximate surface area is 74.7 Å². The van der Waals surface area contributed by atoms with Crippen molar-refractivity contribution in [1.29, 1.82) is 0 Å². The summed E-state index contributed by atoms with van der Waals surface area (Å²) in [6, 6.07) is 0. The molecule has 0 atom stereocenters. The zero-order valence-corrected chi connectivity index (χ0v) is 8.46. The monoisotopic (exact) mass is 173 g/mol. The number of ether oxygens (including phenoxy) is 1. The third-order valence-electron chi connectivity index (χ3n) is 1.68. The molecule has 12 heavy (non-hydrogen) atoms. The third-order valence-corrected chi connectivity index (χ3v) is 1.68. The average Bonchev–Trinajstić information content (AvgIpc) is 2.03. The molecule has 1 aliphatic heterocycles. The van der Waals surface area contributed by atoms with E-state index in [1.807, 2.05) is 18.7 Å². The maximum absolute atomic E-state index is 11.0. The number of carbonyl (C=O) groups is 1.